The fraction of sp³-hybridized carbons (Fsp3) is 0.200. The minimum absolute atomic E-state index is 0.279. The lowest BCUT2D eigenvalue weighted by Gasteiger charge is -2.11. The summed E-state index contributed by atoms with van der Waals surface area (Å²) in [6, 6.07) is 22.5. The van der Waals surface area contributed by atoms with Gasteiger partial charge >= 0.3 is 5.97 Å². The van der Waals surface area contributed by atoms with E-state index in [-0.39, 0.29) is 19.1 Å². The molecule has 31 heavy (non-hydrogen) atoms. The quantitative estimate of drug-likeness (QED) is 0.535. The van der Waals surface area contributed by atoms with Gasteiger partial charge in [-0.25, -0.2) is 4.79 Å². The van der Waals surface area contributed by atoms with Crippen molar-refractivity contribution in [3.8, 4) is 11.5 Å². The first-order valence-corrected chi connectivity index (χ1v) is 9.87. The third-order valence-electron chi connectivity index (χ3n) is 4.75. The molecule has 0 spiro atoms. The van der Waals surface area contributed by atoms with Crippen molar-refractivity contribution in [3.05, 3.63) is 95.1 Å². The van der Waals surface area contributed by atoms with Crippen molar-refractivity contribution in [2.45, 2.75) is 13.0 Å². The molecular weight excluding hydrogens is 394 g/mol. The summed E-state index contributed by atoms with van der Waals surface area (Å²) in [5, 5.41) is 2.74. The molecule has 1 amide bonds. The zero-order chi connectivity index (χ0) is 22.1. The molecule has 0 saturated heterocycles. The van der Waals surface area contributed by atoms with Crippen LogP contribution in [0.5, 0.6) is 11.5 Å². The Morgan fingerprint density at radius 2 is 1.52 bits per heavy atom. The Kier molecular flexibility index (Phi) is 7.65. The Labute approximate surface area is 181 Å². The van der Waals surface area contributed by atoms with Gasteiger partial charge in [-0.1, -0.05) is 54.6 Å². The fourth-order valence-electron chi connectivity index (χ4n) is 3.14. The van der Waals surface area contributed by atoms with Gasteiger partial charge in [0.25, 0.3) is 5.91 Å². The van der Waals surface area contributed by atoms with Crippen LogP contribution in [0.25, 0.3) is 0 Å². The van der Waals surface area contributed by atoms with Gasteiger partial charge < -0.3 is 19.5 Å². The molecule has 6 heteroatoms. The molecule has 160 valence electrons. The van der Waals surface area contributed by atoms with E-state index in [1.165, 1.54) is 0 Å². The molecule has 3 rings (SSSR count). The Morgan fingerprint density at radius 3 is 2.26 bits per heavy atom. The minimum atomic E-state index is -0.521. The standard InChI is InChI=1S/C25H25NO5/c1-29-22-13-12-19(15-23(22)30-2)16-26-24(27)17-31-25(28)21-11-7-6-10-20(21)14-18-8-4-3-5-9-18/h3-13,15H,14,16-17H2,1-2H3,(H,26,27). The van der Waals surface area contributed by atoms with Crippen molar-refractivity contribution < 1.29 is 23.8 Å². The molecule has 0 aliphatic heterocycles. The summed E-state index contributed by atoms with van der Waals surface area (Å²) < 4.78 is 15.7. The molecular formula is C25H25NO5. The zero-order valence-corrected chi connectivity index (χ0v) is 17.6. The fourth-order valence-corrected chi connectivity index (χ4v) is 3.14. The molecule has 0 fully saturated rings. The monoisotopic (exact) mass is 419 g/mol. The van der Waals surface area contributed by atoms with Gasteiger partial charge in [-0.05, 0) is 41.3 Å². The number of carbonyl (C=O) groups excluding carboxylic acids is 2. The second-order valence-corrected chi connectivity index (χ2v) is 6.86. The number of amides is 1. The zero-order valence-electron chi connectivity index (χ0n) is 17.6. The summed E-state index contributed by atoms with van der Waals surface area (Å²) in [5.41, 5.74) is 3.24. The molecule has 0 aliphatic carbocycles. The molecule has 0 saturated carbocycles. The molecule has 0 bridgehead atoms. The van der Waals surface area contributed by atoms with Gasteiger partial charge in [0.15, 0.2) is 18.1 Å². The van der Waals surface area contributed by atoms with Crippen molar-refractivity contribution in [1.82, 2.24) is 5.32 Å². The second kappa shape index (κ2) is 10.8. The second-order valence-electron chi connectivity index (χ2n) is 6.86. The molecule has 0 heterocycles. The van der Waals surface area contributed by atoms with E-state index < -0.39 is 5.97 Å². The molecule has 0 aromatic heterocycles. The molecule has 0 radical (unpaired) electrons. The summed E-state index contributed by atoms with van der Waals surface area (Å²) in [6.45, 7) is -0.0763. The van der Waals surface area contributed by atoms with Gasteiger partial charge in [0, 0.05) is 6.54 Å². The van der Waals surface area contributed by atoms with E-state index in [1.807, 2.05) is 48.5 Å². The van der Waals surface area contributed by atoms with E-state index in [9.17, 15) is 9.59 Å². The highest BCUT2D eigenvalue weighted by molar-refractivity contribution is 5.92. The van der Waals surface area contributed by atoms with Crippen LogP contribution >= 0.6 is 0 Å². The number of rotatable bonds is 9. The smallest absolute Gasteiger partial charge is 0.338 e. The maximum Gasteiger partial charge on any atom is 0.338 e. The van der Waals surface area contributed by atoms with Gasteiger partial charge in [-0.3, -0.25) is 4.79 Å². The van der Waals surface area contributed by atoms with E-state index in [4.69, 9.17) is 14.2 Å². The number of esters is 1. The van der Waals surface area contributed by atoms with Crippen LogP contribution in [0.15, 0.2) is 72.8 Å². The van der Waals surface area contributed by atoms with Crippen molar-refractivity contribution in [1.29, 1.82) is 0 Å². The normalized spacial score (nSPS) is 10.3. The van der Waals surface area contributed by atoms with Crippen LogP contribution in [0.2, 0.25) is 0 Å². The largest absolute Gasteiger partial charge is 0.493 e. The van der Waals surface area contributed by atoms with Crippen molar-refractivity contribution >= 4 is 11.9 Å². The molecule has 3 aromatic rings. The summed E-state index contributed by atoms with van der Waals surface area (Å²) in [5.74, 6) is 0.285. The predicted octanol–water partition coefficient (Wildman–Crippen LogP) is 3.77. The summed E-state index contributed by atoms with van der Waals surface area (Å²) in [6.07, 6.45) is 0.609. The number of hydrogen-bond donors (Lipinski definition) is 1. The van der Waals surface area contributed by atoms with E-state index in [1.54, 1.807) is 38.5 Å². The number of methoxy groups -OCH3 is 2. The average Bonchev–Trinajstić information content (AvgIpc) is 2.82. The van der Waals surface area contributed by atoms with Crippen LogP contribution in [-0.4, -0.2) is 32.7 Å². The lowest BCUT2D eigenvalue weighted by Crippen LogP contribution is -2.28. The Bertz CT molecular complexity index is 1030. The molecule has 3 aromatic carbocycles. The number of ether oxygens (including phenoxy) is 3. The highest BCUT2D eigenvalue weighted by Crippen LogP contribution is 2.27. The third-order valence-corrected chi connectivity index (χ3v) is 4.75. The van der Waals surface area contributed by atoms with E-state index in [0.29, 0.717) is 23.5 Å². The summed E-state index contributed by atoms with van der Waals surface area (Å²) in [4.78, 5) is 24.7. The first-order chi connectivity index (χ1) is 15.1. The van der Waals surface area contributed by atoms with Gasteiger partial charge in [0.2, 0.25) is 0 Å². The number of benzene rings is 3. The Balaban J connectivity index is 1.54. The number of nitrogens with one attached hydrogen (secondary N) is 1. The first kappa shape index (κ1) is 21.9. The Morgan fingerprint density at radius 1 is 0.806 bits per heavy atom. The van der Waals surface area contributed by atoms with Crippen LogP contribution in [0.4, 0.5) is 0 Å². The van der Waals surface area contributed by atoms with Gasteiger partial charge in [0.05, 0.1) is 19.8 Å². The Hall–Kier alpha value is -3.80. The van der Waals surface area contributed by atoms with Crippen molar-refractivity contribution in [3.63, 3.8) is 0 Å². The maximum atomic E-state index is 12.6. The van der Waals surface area contributed by atoms with Crippen LogP contribution in [0.1, 0.15) is 27.0 Å². The SMILES string of the molecule is COc1ccc(CNC(=O)COC(=O)c2ccccc2Cc2ccccc2)cc1OC. The molecule has 0 unspecified atom stereocenters. The first-order valence-electron chi connectivity index (χ1n) is 9.87. The predicted molar refractivity (Wildman–Crippen MR) is 117 cm³/mol. The van der Waals surface area contributed by atoms with E-state index in [2.05, 4.69) is 5.32 Å². The maximum absolute atomic E-state index is 12.6. The highest BCUT2D eigenvalue weighted by Gasteiger charge is 2.14. The molecule has 0 atom stereocenters. The molecule has 1 N–H and O–H groups in total. The van der Waals surface area contributed by atoms with Crippen LogP contribution < -0.4 is 14.8 Å². The van der Waals surface area contributed by atoms with E-state index in [0.717, 1.165) is 16.7 Å². The molecule has 6 nitrogen and oxygen atoms in total. The van der Waals surface area contributed by atoms with Crippen LogP contribution in [-0.2, 0) is 22.5 Å². The topological polar surface area (TPSA) is 73.9 Å². The summed E-state index contributed by atoms with van der Waals surface area (Å²) in [7, 11) is 3.11. The lowest BCUT2D eigenvalue weighted by molar-refractivity contribution is -0.124. The van der Waals surface area contributed by atoms with E-state index >= 15 is 0 Å². The number of carbonyl (C=O) groups is 2. The van der Waals surface area contributed by atoms with Crippen molar-refractivity contribution in [2.24, 2.45) is 0 Å². The van der Waals surface area contributed by atoms with Crippen LogP contribution in [0, 0.1) is 0 Å². The lowest BCUT2D eigenvalue weighted by atomic mass is 10.00. The average molecular weight is 419 g/mol. The van der Waals surface area contributed by atoms with Gasteiger partial charge in [-0.2, -0.15) is 0 Å². The van der Waals surface area contributed by atoms with Crippen LogP contribution in [0.3, 0.4) is 0 Å². The number of hydrogen-bond acceptors (Lipinski definition) is 5. The molecule has 0 aliphatic rings. The third kappa shape index (κ3) is 6.09. The highest BCUT2D eigenvalue weighted by atomic mass is 16.5. The van der Waals surface area contributed by atoms with Gasteiger partial charge in [0.1, 0.15) is 0 Å². The van der Waals surface area contributed by atoms with Gasteiger partial charge in [-0.15, -0.1) is 0 Å². The minimum Gasteiger partial charge on any atom is -0.493 e. The van der Waals surface area contributed by atoms with Crippen molar-refractivity contribution in [2.75, 3.05) is 20.8 Å². The summed E-state index contributed by atoms with van der Waals surface area (Å²) >= 11 is 0.